The molecule has 0 heterocycles. The van der Waals surface area contributed by atoms with Crippen molar-refractivity contribution in [2.45, 2.75) is 26.4 Å². The summed E-state index contributed by atoms with van der Waals surface area (Å²) in [5, 5.41) is 9.69. The average Bonchev–Trinajstić information content (AvgIpc) is 2.59. The molecule has 5 heteroatoms. The number of phenolic OH excluding ortho intramolecular Hbond substituents is 1. The van der Waals surface area contributed by atoms with E-state index in [2.05, 4.69) is 0 Å². The number of phenols is 1. The minimum Gasteiger partial charge on any atom is -0.508 e. The molecule has 0 amide bonds. The van der Waals surface area contributed by atoms with Crippen molar-refractivity contribution in [3.63, 3.8) is 0 Å². The number of aryl methyl sites for hydroxylation is 1. The lowest BCUT2D eigenvalue weighted by Gasteiger charge is -2.12. The van der Waals surface area contributed by atoms with Crippen molar-refractivity contribution in [2.24, 2.45) is 0 Å². The third-order valence-electron chi connectivity index (χ3n) is 3.48. The van der Waals surface area contributed by atoms with Crippen LogP contribution >= 0.6 is 0 Å². The second kappa shape index (κ2) is 8.82. The summed E-state index contributed by atoms with van der Waals surface area (Å²) in [6, 6.07) is 12.5. The summed E-state index contributed by atoms with van der Waals surface area (Å²) in [5.74, 6) is 1.19. The first-order valence-electron chi connectivity index (χ1n) is 7.85. The zero-order valence-corrected chi connectivity index (χ0v) is 14.0. The van der Waals surface area contributed by atoms with Gasteiger partial charge < -0.3 is 19.3 Å². The molecule has 0 aliphatic heterocycles. The van der Waals surface area contributed by atoms with Crippen molar-refractivity contribution in [3.05, 3.63) is 53.6 Å². The number of ether oxygens (including phenoxy) is 3. The van der Waals surface area contributed by atoms with E-state index in [1.807, 2.05) is 24.3 Å². The van der Waals surface area contributed by atoms with Gasteiger partial charge in [-0.3, -0.25) is 4.79 Å². The van der Waals surface area contributed by atoms with Crippen molar-refractivity contribution >= 4 is 5.97 Å². The van der Waals surface area contributed by atoms with Gasteiger partial charge in [0.1, 0.15) is 23.9 Å². The molecule has 0 aromatic heterocycles. The Balaban J connectivity index is 2.05. The van der Waals surface area contributed by atoms with Gasteiger partial charge in [0.25, 0.3) is 0 Å². The van der Waals surface area contributed by atoms with Gasteiger partial charge in [0.05, 0.1) is 13.7 Å². The molecular formula is C19H22O5. The van der Waals surface area contributed by atoms with Gasteiger partial charge in [-0.1, -0.05) is 18.2 Å². The summed E-state index contributed by atoms with van der Waals surface area (Å²) in [6.07, 6.45) is 0.765. The number of hydrogen-bond acceptors (Lipinski definition) is 5. The summed E-state index contributed by atoms with van der Waals surface area (Å²) in [4.78, 5) is 11.5. The van der Waals surface area contributed by atoms with Crippen LogP contribution in [0.3, 0.4) is 0 Å². The first-order chi connectivity index (χ1) is 11.6. The summed E-state index contributed by atoms with van der Waals surface area (Å²) < 4.78 is 16.0. The maximum absolute atomic E-state index is 11.5. The van der Waals surface area contributed by atoms with Crippen LogP contribution in [-0.2, 0) is 22.6 Å². The Kier molecular flexibility index (Phi) is 6.49. The number of hydrogen-bond donors (Lipinski definition) is 1. The van der Waals surface area contributed by atoms with Crippen LogP contribution in [0.25, 0.3) is 0 Å². The van der Waals surface area contributed by atoms with Gasteiger partial charge in [-0.05, 0) is 42.7 Å². The Bertz CT molecular complexity index is 681. The van der Waals surface area contributed by atoms with E-state index >= 15 is 0 Å². The van der Waals surface area contributed by atoms with Crippen molar-refractivity contribution in [1.29, 1.82) is 0 Å². The number of aromatic hydroxyl groups is 1. The van der Waals surface area contributed by atoms with Gasteiger partial charge in [-0.25, -0.2) is 0 Å². The molecule has 0 unspecified atom stereocenters. The van der Waals surface area contributed by atoms with Crippen molar-refractivity contribution in [3.8, 4) is 17.2 Å². The summed E-state index contributed by atoms with van der Waals surface area (Å²) in [6.45, 7) is 2.49. The van der Waals surface area contributed by atoms with Gasteiger partial charge >= 0.3 is 5.97 Å². The van der Waals surface area contributed by atoms with Crippen LogP contribution in [0.2, 0.25) is 0 Å². The van der Waals surface area contributed by atoms with Crippen LogP contribution in [0, 0.1) is 0 Å². The maximum Gasteiger partial charge on any atom is 0.306 e. The van der Waals surface area contributed by atoms with E-state index in [0.29, 0.717) is 25.4 Å². The quantitative estimate of drug-likeness (QED) is 0.751. The molecule has 0 saturated heterocycles. The minimum absolute atomic E-state index is 0.121. The second-order valence-corrected chi connectivity index (χ2v) is 5.24. The predicted molar refractivity (Wildman–Crippen MR) is 90.4 cm³/mol. The molecule has 2 aromatic carbocycles. The molecule has 0 fully saturated rings. The van der Waals surface area contributed by atoms with E-state index in [4.69, 9.17) is 14.2 Å². The highest BCUT2D eigenvalue weighted by Gasteiger charge is 2.09. The molecule has 2 rings (SSSR count). The predicted octanol–water partition coefficient (Wildman–Crippen LogP) is 3.48. The number of esters is 1. The van der Waals surface area contributed by atoms with E-state index < -0.39 is 0 Å². The van der Waals surface area contributed by atoms with Crippen molar-refractivity contribution in [1.82, 2.24) is 0 Å². The maximum atomic E-state index is 11.5. The highest BCUT2D eigenvalue weighted by molar-refractivity contribution is 5.69. The third kappa shape index (κ3) is 5.19. The summed E-state index contributed by atoms with van der Waals surface area (Å²) in [5.41, 5.74) is 1.80. The van der Waals surface area contributed by atoms with Gasteiger partial charge in [0.15, 0.2) is 0 Å². The normalized spacial score (nSPS) is 10.2. The summed E-state index contributed by atoms with van der Waals surface area (Å²) >= 11 is 0. The number of benzene rings is 2. The second-order valence-electron chi connectivity index (χ2n) is 5.24. The zero-order valence-electron chi connectivity index (χ0n) is 14.0. The Morgan fingerprint density at radius 2 is 2.00 bits per heavy atom. The first kappa shape index (κ1) is 17.7. The fourth-order valence-corrected chi connectivity index (χ4v) is 2.28. The van der Waals surface area contributed by atoms with E-state index in [9.17, 15) is 9.90 Å². The molecule has 0 radical (unpaired) electrons. The SMILES string of the molecule is CCOC(=O)CCc1ccc(O)cc1OCc1cccc(OC)c1. The third-order valence-corrected chi connectivity index (χ3v) is 3.48. The Hall–Kier alpha value is -2.69. The van der Waals surface area contributed by atoms with Crippen LogP contribution in [0.4, 0.5) is 0 Å². The van der Waals surface area contributed by atoms with Crippen LogP contribution in [-0.4, -0.2) is 24.8 Å². The number of carbonyl (C=O) groups excluding carboxylic acids is 1. The molecule has 128 valence electrons. The zero-order chi connectivity index (χ0) is 17.4. The molecule has 5 nitrogen and oxygen atoms in total. The van der Waals surface area contributed by atoms with Crippen molar-refractivity contribution in [2.75, 3.05) is 13.7 Å². The monoisotopic (exact) mass is 330 g/mol. The standard InChI is InChI=1S/C19H22O5/c1-3-23-19(21)10-8-15-7-9-16(20)12-18(15)24-13-14-5-4-6-17(11-14)22-2/h4-7,9,11-12,20H,3,8,10,13H2,1-2H3. The average molecular weight is 330 g/mol. The van der Waals surface area contributed by atoms with Crippen LogP contribution < -0.4 is 9.47 Å². The fourth-order valence-electron chi connectivity index (χ4n) is 2.28. The first-order valence-corrected chi connectivity index (χ1v) is 7.85. The van der Waals surface area contributed by atoms with E-state index in [-0.39, 0.29) is 18.1 Å². The lowest BCUT2D eigenvalue weighted by molar-refractivity contribution is -0.143. The van der Waals surface area contributed by atoms with Gasteiger partial charge in [0, 0.05) is 12.5 Å². The van der Waals surface area contributed by atoms with Gasteiger partial charge in [-0.15, -0.1) is 0 Å². The molecule has 0 spiro atoms. The van der Waals surface area contributed by atoms with Gasteiger partial charge in [0.2, 0.25) is 0 Å². The summed E-state index contributed by atoms with van der Waals surface area (Å²) in [7, 11) is 1.61. The molecule has 0 aliphatic rings. The van der Waals surface area contributed by atoms with Crippen LogP contribution in [0.1, 0.15) is 24.5 Å². The number of carbonyl (C=O) groups is 1. The molecular weight excluding hydrogens is 308 g/mol. The lowest BCUT2D eigenvalue weighted by atomic mass is 10.1. The molecule has 2 aromatic rings. The van der Waals surface area contributed by atoms with Crippen molar-refractivity contribution < 1.29 is 24.1 Å². The largest absolute Gasteiger partial charge is 0.508 e. The lowest BCUT2D eigenvalue weighted by Crippen LogP contribution is -2.06. The van der Waals surface area contributed by atoms with E-state index in [1.165, 1.54) is 0 Å². The highest BCUT2D eigenvalue weighted by Crippen LogP contribution is 2.26. The van der Waals surface area contributed by atoms with E-state index in [1.54, 1.807) is 32.2 Å². The number of methoxy groups -OCH3 is 1. The molecule has 24 heavy (non-hydrogen) atoms. The molecule has 1 N–H and O–H groups in total. The molecule has 0 atom stereocenters. The number of rotatable bonds is 8. The topological polar surface area (TPSA) is 65.0 Å². The Morgan fingerprint density at radius 3 is 2.75 bits per heavy atom. The van der Waals surface area contributed by atoms with E-state index in [0.717, 1.165) is 16.9 Å². The Morgan fingerprint density at radius 1 is 1.17 bits per heavy atom. The molecule has 0 bridgehead atoms. The van der Waals surface area contributed by atoms with Crippen LogP contribution in [0.5, 0.6) is 17.2 Å². The molecule has 0 saturated carbocycles. The minimum atomic E-state index is -0.246. The fraction of sp³-hybridized carbons (Fsp3) is 0.316. The highest BCUT2D eigenvalue weighted by atomic mass is 16.5. The Labute approximate surface area is 141 Å². The smallest absolute Gasteiger partial charge is 0.306 e. The van der Waals surface area contributed by atoms with Gasteiger partial charge in [-0.2, -0.15) is 0 Å². The molecule has 0 aliphatic carbocycles. The van der Waals surface area contributed by atoms with Crippen LogP contribution in [0.15, 0.2) is 42.5 Å².